The molecule has 0 spiro atoms. The van der Waals surface area contributed by atoms with Crippen molar-refractivity contribution in [3.63, 3.8) is 0 Å². The molecule has 0 amide bonds. The molecule has 0 fully saturated rings. The van der Waals surface area contributed by atoms with Crippen molar-refractivity contribution in [3.8, 4) is 0 Å². The fourth-order valence-corrected chi connectivity index (χ4v) is 2.81. The van der Waals surface area contributed by atoms with Crippen LogP contribution in [0.2, 0.25) is 0 Å². The first kappa shape index (κ1) is 22.5. The molecule has 4 atom stereocenters. The molecule has 0 aromatic carbocycles. The van der Waals surface area contributed by atoms with Crippen molar-refractivity contribution in [1.29, 1.82) is 0 Å². The zero-order valence-corrected chi connectivity index (χ0v) is 14.8. The number of alkyl halides is 1. The molecule has 0 radical (unpaired) electrons. The second kappa shape index (κ2) is 7.15. The van der Waals surface area contributed by atoms with Gasteiger partial charge in [0, 0.05) is 6.92 Å². The van der Waals surface area contributed by atoms with Gasteiger partial charge in [-0.3, -0.25) is 19.2 Å². The molecule has 0 aliphatic heterocycles. The van der Waals surface area contributed by atoms with Crippen molar-refractivity contribution in [3.05, 3.63) is 0 Å². The number of aliphatic hydroxyl groups excluding tert-OH is 1. The van der Waals surface area contributed by atoms with Gasteiger partial charge in [0.1, 0.15) is 0 Å². The molecule has 0 aromatic heterocycles. The summed E-state index contributed by atoms with van der Waals surface area (Å²) in [7, 11) is 0.791. The molecule has 0 saturated heterocycles. The molecule has 0 rings (SSSR count). The predicted octanol–water partition coefficient (Wildman–Crippen LogP) is -2.60. The molecule has 0 saturated carbocycles. The molecule has 0 aromatic rings. The zero-order chi connectivity index (χ0) is 19.7. The van der Waals surface area contributed by atoms with E-state index in [1.807, 2.05) is 0 Å². The minimum absolute atomic E-state index is 0.553. The maximum absolute atomic E-state index is 12.0. The van der Waals surface area contributed by atoms with E-state index in [1.54, 1.807) is 0 Å². The Bertz CT molecular complexity index is 598. The van der Waals surface area contributed by atoms with Gasteiger partial charge in [0.25, 0.3) is 0 Å². The van der Waals surface area contributed by atoms with Gasteiger partial charge in [-0.1, -0.05) is 0 Å². The molecule has 0 heterocycles. The van der Waals surface area contributed by atoms with E-state index >= 15 is 0 Å². The molecule has 0 aliphatic rings. The number of halogens is 1. The van der Waals surface area contributed by atoms with Gasteiger partial charge in [-0.15, -0.1) is 0 Å². The van der Waals surface area contributed by atoms with Crippen LogP contribution < -0.4 is 0 Å². The molecule has 0 unspecified atom stereocenters. The minimum Gasteiger partial charge on any atom is -0.467 e. The maximum atomic E-state index is 12.0. The van der Waals surface area contributed by atoms with Crippen molar-refractivity contribution in [1.82, 2.24) is 0 Å². The lowest BCUT2D eigenvalue weighted by Crippen LogP contribution is -2.78. The van der Waals surface area contributed by atoms with Crippen LogP contribution in [-0.4, -0.2) is 78.5 Å². The maximum Gasteiger partial charge on any atom is 0.338 e. The van der Waals surface area contributed by atoms with Crippen molar-refractivity contribution in [2.24, 2.45) is 0 Å². The zero-order valence-electron chi connectivity index (χ0n) is 13.2. The fourth-order valence-electron chi connectivity index (χ4n) is 2.05. The monoisotopic (exact) mass is 412 g/mol. The highest BCUT2D eigenvalue weighted by Gasteiger charge is 2.73. The highest BCUT2D eigenvalue weighted by Crippen LogP contribution is 2.42. The number of ether oxygens (including phenoxy) is 1. The minimum atomic E-state index is -3.80. The number of hydrogen-bond donors (Lipinski definition) is 4. The Kier molecular flexibility index (Phi) is 6.69. The van der Waals surface area contributed by atoms with E-state index in [0.29, 0.717) is 20.8 Å². The van der Waals surface area contributed by atoms with Crippen molar-refractivity contribution in [2.75, 3.05) is 7.11 Å². The molecule has 11 heteroatoms. The van der Waals surface area contributed by atoms with Crippen LogP contribution in [0.15, 0.2) is 0 Å². The van der Waals surface area contributed by atoms with Crippen molar-refractivity contribution >= 4 is 45.0 Å². The van der Waals surface area contributed by atoms with Crippen LogP contribution in [-0.2, 0) is 28.7 Å². The molecule has 0 aliphatic carbocycles. The summed E-state index contributed by atoms with van der Waals surface area (Å²) in [5.74, 6) is -8.12. The SMILES string of the molecule is COC(=O)[C@@H](O)[C@](O)(Br)[C@@](O)(C(C)=O)[C@](O)(C(C)=O)C(=O)C(C)=O. The van der Waals surface area contributed by atoms with Gasteiger partial charge in [-0.2, -0.15) is 0 Å². The largest absolute Gasteiger partial charge is 0.467 e. The Labute approximate surface area is 144 Å². The number of methoxy groups -OCH3 is 1. The Morgan fingerprint density at radius 2 is 1.38 bits per heavy atom. The van der Waals surface area contributed by atoms with E-state index in [2.05, 4.69) is 20.7 Å². The lowest BCUT2D eigenvalue weighted by atomic mass is 9.69. The van der Waals surface area contributed by atoms with E-state index in [1.165, 1.54) is 0 Å². The summed E-state index contributed by atoms with van der Waals surface area (Å²) in [6.07, 6.45) is -2.72. The highest BCUT2D eigenvalue weighted by molar-refractivity contribution is 9.10. The number of carbonyl (C=O) groups is 5. The van der Waals surface area contributed by atoms with E-state index < -0.39 is 50.9 Å². The normalized spacial score (nSPS) is 19.9. The fraction of sp³-hybridized carbons (Fsp3) is 0.615. The number of rotatable bonds is 8. The molecule has 4 N–H and O–H groups in total. The van der Waals surface area contributed by atoms with Gasteiger partial charge in [0.15, 0.2) is 28.0 Å². The number of esters is 1. The average molecular weight is 413 g/mol. The van der Waals surface area contributed by atoms with E-state index in [4.69, 9.17) is 0 Å². The van der Waals surface area contributed by atoms with Gasteiger partial charge in [0.2, 0.25) is 17.0 Å². The van der Waals surface area contributed by atoms with Crippen LogP contribution in [0.1, 0.15) is 20.8 Å². The number of carbonyl (C=O) groups excluding carboxylic acids is 5. The molecular weight excluding hydrogens is 396 g/mol. The molecule has 24 heavy (non-hydrogen) atoms. The van der Waals surface area contributed by atoms with E-state index in [-0.39, 0.29) is 0 Å². The summed E-state index contributed by atoms with van der Waals surface area (Å²) in [6.45, 7) is 1.75. The number of hydrogen-bond acceptors (Lipinski definition) is 10. The van der Waals surface area contributed by atoms with Gasteiger partial charge in [0.05, 0.1) is 7.11 Å². The van der Waals surface area contributed by atoms with Crippen LogP contribution in [0.4, 0.5) is 0 Å². The van der Waals surface area contributed by atoms with Crippen LogP contribution in [0.25, 0.3) is 0 Å². The van der Waals surface area contributed by atoms with Crippen LogP contribution in [0.5, 0.6) is 0 Å². The summed E-state index contributed by atoms with van der Waals surface area (Å²) >= 11 is 2.29. The van der Waals surface area contributed by atoms with Gasteiger partial charge in [-0.05, 0) is 29.8 Å². The second-order valence-corrected chi connectivity index (χ2v) is 6.23. The van der Waals surface area contributed by atoms with Crippen LogP contribution in [0, 0.1) is 0 Å². The standard InChI is InChI=1S/C13H17BrO10/c1-5(15)8(18)11(21,6(2)16)12(22,7(3)17)13(14,23)9(19)10(20)24-4/h9,19,21-23H,1-4H3/t9-,11+,12-,13-/m1/s1. The Balaban J connectivity index is 6.78. The lowest BCUT2D eigenvalue weighted by molar-refractivity contribution is -0.224. The molecular formula is C13H17BrO10. The summed E-state index contributed by atoms with van der Waals surface area (Å²) < 4.78 is 0.681. The Hall–Kier alpha value is -1.53. The first-order chi connectivity index (χ1) is 10.6. The van der Waals surface area contributed by atoms with Gasteiger partial charge >= 0.3 is 5.97 Å². The third-order valence-corrected chi connectivity index (χ3v) is 4.49. The summed E-state index contributed by atoms with van der Waals surface area (Å²) in [4.78, 5) is 58.5. The molecule has 10 nitrogen and oxygen atoms in total. The van der Waals surface area contributed by atoms with Crippen molar-refractivity contribution < 1.29 is 49.1 Å². The van der Waals surface area contributed by atoms with E-state index in [0.717, 1.165) is 7.11 Å². The predicted molar refractivity (Wildman–Crippen MR) is 78.8 cm³/mol. The van der Waals surface area contributed by atoms with Crippen LogP contribution >= 0.6 is 15.9 Å². The average Bonchev–Trinajstić information content (AvgIpc) is 2.49. The first-order valence-corrected chi connectivity index (χ1v) is 7.12. The molecule has 136 valence electrons. The number of Topliss-reactive ketones (excluding diaryl/α,β-unsaturated/α-hetero) is 4. The molecule has 0 bridgehead atoms. The van der Waals surface area contributed by atoms with E-state index in [9.17, 15) is 44.4 Å². The second-order valence-electron chi connectivity index (χ2n) is 5.02. The van der Waals surface area contributed by atoms with Crippen LogP contribution in [0.3, 0.4) is 0 Å². The number of ketones is 4. The topological polar surface area (TPSA) is 176 Å². The summed E-state index contributed by atoms with van der Waals surface area (Å²) in [5, 5.41) is 41.1. The first-order valence-electron chi connectivity index (χ1n) is 6.33. The Morgan fingerprint density at radius 1 is 0.958 bits per heavy atom. The van der Waals surface area contributed by atoms with Crippen molar-refractivity contribution in [2.45, 2.75) is 42.6 Å². The lowest BCUT2D eigenvalue weighted by Gasteiger charge is -2.46. The highest BCUT2D eigenvalue weighted by atomic mass is 79.9. The smallest absolute Gasteiger partial charge is 0.338 e. The summed E-state index contributed by atoms with van der Waals surface area (Å²) in [6, 6.07) is 0. The summed E-state index contributed by atoms with van der Waals surface area (Å²) in [5.41, 5.74) is -7.58. The number of aliphatic hydroxyl groups is 4. The Morgan fingerprint density at radius 3 is 1.62 bits per heavy atom. The quantitative estimate of drug-likeness (QED) is 0.143. The third kappa shape index (κ3) is 3.05. The third-order valence-electron chi connectivity index (χ3n) is 3.49. The van der Waals surface area contributed by atoms with Gasteiger partial charge < -0.3 is 25.2 Å². The van der Waals surface area contributed by atoms with Gasteiger partial charge in [-0.25, -0.2) is 4.79 Å².